The molecule has 2 aromatic carbocycles. The number of nitrogens with zero attached hydrogens (tertiary/aromatic N) is 1. The summed E-state index contributed by atoms with van der Waals surface area (Å²) in [6.45, 7) is 5.59. The van der Waals surface area contributed by atoms with E-state index in [9.17, 15) is 9.59 Å². The number of anilines is 3. The maximum Gasteiger partial charge on any atom is 0.238 e. The molecule has 0 unspecified atom stereocenters. The van der Waals surface area contributed by atoms with Crippen LogP contribution in [-0.4, -0.2) is 28.0 Å². The van der Waals surface area contributed by atoms with E-state index in [4.69, 9.17) is 4.52 Å². The quantitative estimate of drug-likeness (QED) is 0.442. The van der Waals surface area contributed by atoms with Gasteiger partial charge in [-0.3, -0.25) is 9.59 Å². The van der Waals surface area contributed by atoms with Gasteiger partial charge in [-0.25, -0.2) is 0 Å². The van der Waals surface area contributed by atoms with Gasteiger partial charge in [-0.1, -0.05) is 35.5 Å². The normalized spacial score (nSPS) is 12.6. The van der Waals surface area contributed by atoms with E-state index >= 15 is 0 Å². The van der Waals surface area contributed by atoms with E-state index in [0.717, 1.165) is 5.69 Å². The molecule has 8 heteroatoms. The summed E-state index contributed by atoms with van der Waals surface area (Å²) in [5.41, 5.74) is 2.88. The molecular formula is C23H26N4O3S. The van der Waals surface area contributed by atoms with Gasteiger partial charge in [0, 0.05) is 23.5 Å². The van der Waals surface area contributed by atoms with Gasteiger partial charge < -0.3 is 20.5 Å². The van der Waals surface area contributed by atoms with Gasteiger partial charge in [-0.05, 0) is 50.6 Å². The van der Waals surface area contributed by atoms with Crippen LogP contribution < -0.4 is 16.0 Å². The highest BCUT2D eigenvalue weighted by Crippen LogP contribution is 2.21. The third-order valence-corrected chi connectivity index (χ3v) is 5.71. The van der Waals surface area contributed by atoms with Crippen LogP contribution in [0.2, 0.25) is 0 Å². The van der Waals surface area contributed by atoms with Gasteiger partial charge in [0.15, 0.2) is 5.82 Å². The van der Waals surface area contributed by atoms with E-state index in [0.29, 0.717) is 17.3 Å². The largest absolute Gasteiger partial charge is 0.379 e. The molecule has 0 spiro atoms. The third-order valence-electron chi connectivity index (χ3n) is 4.56. The van der Waals surface area contributed by atoms with Crippen molar-refractivity contribution in [3.05, 3.63) is 72.0 Å². The number of benzene rings is 2. The maximum absolute atomic E-state index is 12.2. The Labute approximate surface area is 186 Å². The van der Waals surface area contributed by atoms with Crippen LogP contribution in [0, 0.1) is 6.92 Å². The minimum atomic E-state index is -0.409. The van der Waals surface area contributed by atoms with E-state index in [2.05, 4.69) is 40.2 Å². The molecule has 0 saturated heterocycles. The van der Waals surface area contributed by atoms with Crippen LogP contribution in [0.25, 0.3) is 0 Å². The van der Waals surface area contributed by atoms with Crippen molar-refractivity contribution in [3.8, 4) is 0 Å². The first-order valence-electron chi connectivity index (χ1n) is 9.98. The van der Waals surface area contributed by atoms with Crippen molar-refractivity contribution in [1.29, 1.82) is 0 Å². The van der Waals surface area contributed by atoms with Crippen LogP contribution in [-0.2, 0) is 9.59 Å². The highest BCUT2D eigenvalue weighted by Gasteiger charge is 2.17. The monoisotopic (exact) mass is 438 g/mol. The van der Waals surface area contributed by atoms with E-state index < -0.39 is 5.25 Å². The second-order valence-electron chi connectivity index (χ2n) is 7.17. The fourth-order valence-electron chi connectivity index (χ4n) is 2.85. The number of carbonyl (C=O) groups is 2. The van der Waals surface area contributed by atoms with Crippen molar-refractivity contribution >= 4 is 40.8 Å². The molecule has 0 aliphatic heterocycles. The lowest BCUT2D eigenvalue weighted by Crippen LogP contribution is -2.25. The summed E-state index contributed by atoms with van der Waals surface area (Å²) in [7, 11) is 0. The number of thioether (sulfide) groups is 1. The molecule has 7 nitrogen and oxygen atoms in total. The highest BCUT2D eigenvalue weighted by atomic mass is 32.2. The Hall–Kier alpha value is -3.26. The Morgan fingerprint density at radius 1 is 1.00 bits per heavy atom. The molecule has 1 heterocycles. The Kier molecular flexibility index (Phi) is 7.72. The standard InChI is InChI=1S/C23H26N4O3S/c1-15-13-21(27-30-15)26-23(29)17(3)31-14-22(28)25-20-11-9-19(10-12-20)24-16(2)18-7-5-4-6-8-18/h4-13,16-17,24H,14H2,1-3H3,(H,25,28)(H,26,27,29)/t16-,17-/m0/s1. The molecule has 0 aliphatic rings. The summed E-state index contributed by atoms with van der Waals surface area (Å²) in [5, 5.41) is 12.3. The number of rotatable bonds is 9. The lowest BCUT2D eigenvalue weighted by Gasteiger charge is -2.16. The molecule has 0 bridgehead atoms. The topological polar surface area (TPSA) is 96.3 Å². The van der Waals surface area contributed by atoms with Crippen molar-refractivity contribution in [1.82, 2.24) is 5.16 Å². The van der Waals surface area contributed by atoms with Gasteiger partial charge in [-0.2, -0.15) is 0 Å². The Morgan fingerprint density at radius 2 is 1.68 bits per heavy atom. The van der Waals surface area contributed by atoms with Gasteiger partial charge in [0.2, 0.25) is 11.8 Å². The number of amides is 2. The van der Waals surface area contributed by atoms with Crippen LogP contribution in [0.3, 0.4) is 0 Å². The second kappa shape index (κ2) is 10.7. The van der Waals surface area contributed by atoms with Gasteiger partial charge in [0.05, 0.1) is 11.0 Å². The molecule has 0 aliphatic carbocycles. The van der Waals surface area contributed by atoms with Crippen LogP contribution >= 0.6 is 11.8 Å². The van der Waals surface area contributed by atoms with Crippen molar-refractivity contribution in [2.45, 2.75) is 32.1 Å². The minimum absolute atomic E-state index is 0.164. The van der Waals surface area contributed by atoms with Crippen molar-refractivity contribution in [3.63, 3.8) is 0 Å². The highest BCUT2D eigenvalue weighted by molar-refractivity contribution is 8.01. The number of aryl methyl sites for hydroxylation is 1. The van der Waals surface area contributed by atoms with Gasteiger partial charge in [0.1, 0.15) is 5.76 Å². The smallest absolute Gasteiger partial charge is 0.238 e. The number of carbonyl (C=O) groups excluding carboxylic acids is 2. The molecule has 162 valence electrons. The van der Waals surface area contributed by atoms with Crippen LogP contribution in [0.4, 0.5) is 17.2 Å². The first-order chi connectivity index (χ1) is 14.9. The van der Waals surface area contributed by atoms with Crippen molar-refractivity contribution in [2.75, 3.05) is 21.7 Å². The fourth-order valence-corrected chi connectivity index (χ4v) is 3.54. The lowest BCUT2D eigenvalue weighted by molar-refractivity contribution is -0.115. The molecule has 2 amide bonds. The SMILES string of the molecule is Cc1cc(NC(=O)[C@H](C)SCC(=O)Nc2ccc(N[C@@H](C)c3ccccc3)cc2)no1. The molecule has 1 aromatic heterocycles. The lowest BCUT2D eigenvalue weighted by atomic mass is 10.1. The first-order valence-corrected chi connectivity index (χ1v) is 11.0. The summed E-state index contributed by atoms with van der Waals surface area (Å²) in [6, 6.07) is 19.6. The predicted molar refractivity (Wildman–Crippen MR) is 125 cm³/mol. The second-order valence-corrected chi connectivity index (χ2v) is 8.50. The van der Waals surface area contributed by atoms with Gasteiger partial charge in [-0.15, -0.1) is 11.8 Å². The Balaban J connectivity index is 1.43. The summed E-state index contributed by atoms with van der Waals surface area (Å²) >= 11 is 1.25. The van der Waals surface area contributed by atoms with Crippen LogP contribution in [0.15, 0.2) is 65.2 Å². The fraction of sp³-hybridized carbons (Fsp3) is 0.261. The Morgan fingerprint density at radius 3 is 2.32 bits per heavy atom. The summed E-state index contributed by atoms with van der Waals surface area (Å²) < 4.78 is 4.92. The molecular weight excluding hydrogens is 412 g/mol. The average molecular weight is 439 g/mol. The first kappa shape index (κ1) is 22.4. The molecule has 3 aromatic rings. The number of aromatic nitrogens is 1. The van der Waals surface area contributed by atoms with E-state index in [1.165, 1.54) is 17.3 Å². The van der Waals surface area contributed by atoms with E-state index in [1.54, 1.807) is 19.9 Å². The predicted octanol–water partition coefficient (Wildman–Crippen LogP) is 4.86. The zero-order valence-electron chi connectivity index (χ0n) is 17.7. The molecule has 2 atom stereocenters. The molecule has 3 rings (SSSR count). The molecule has 0 radical (unpaired) electrons. The molecule has 31 heavy (non-hydrogen) atoms. The van der Waals surface area contributed by atoms with Crippen molar-refractivity contribution < 1.29 is 14.1 Å². The zero-order valence-corrected chi connectivity index (χ0v) is 18.5. The van der Waals surface area contributed by atoms with E-state index in [1.807, 2.05) is 42.5 Å². The summed E-state index contributed by atoms with van der Waals surface area (Å²) in [4.78, 5) is 24.4. The average Bonchev–Trinajstić information content (AvgIpc) is 3.18. The third kappa shape index (κ3) is 6.89. The van der Waals surface area contributed by atoms with Gasteiger partial charge >= 0.3 is 0 Å². The minimum Gasteiger partial charge on any atom is -0.379 e. The Bertz CT molecular complexity index is 1010. The molecule has 0 saturated carbocycles. The van der Waals surface area contributed by atoms with Crippen molar-refractivity contribution in [2.24, 2.45) is 0 Å². The van der Waals surface area contributed by atoms with Crippen LogP contribution in [0.1, 0.15) is 31.2 Å². The number of hydrogen-bond acceptors (Lipinski definition) is 6. The maximum atomic E-state index is 12.2. The van der Waals surface area contributed by atoms with Gasteiger partial charge in [0.25, 0.3) is 0 Å². The molecule has 0 fully saturated rings. The van der Waals surface area contributed by atoms with E-state index in [-0.39, 0.29) is 23.6 Å². The number of hydrogen-bond donors (Lipinski definition) is 3. The number of nitrogens with one attached hydrogen (secondary N) is 3. The summed E-state index contributed by atoms with van der Waals surface area (Å²) in [6.07, 6.45) is 0. The van der Waals surface area contributed by atoms with Crippen LogP contribution in [0.5, 0.6) is 0 Å². The molecule has 3 N–H and O–H groups in total. The summed E-state index contributed by atoms with van der Waals surface area (Å²) in [5.74, 6) is 0.757. The zero-order chi connectivity index (χ0) is 22.2.